The van der Waals surface area contributed by atoms with Crippen LogP contribution in [0, 0.1) is 0 Å². The minimum absolute atomic E-state index is 0.347. The zero-order valence-corrected chi connectivity index (χ0v) is 9.55. The third kappa shape index (κ3) is 1.68. The van der Waals surface area contributed by atoms with Gasteiger partial charge in [-0.05, 0) is 37.0 Å². The molecule has 0 atom stereocenters. The van der Waals surface area contributed by atoms with Crippen molar-refractivity contribution in [1.29, 1.82) is 0 Å². The molecule has 0 radical (unpaired) electrons. The summed E-state index contributed by atoms with van der Waals surface area (Å²) < 4.78 is 24.0. The van der Waals surface area contributed by atoms with E-state index in [4.69, 9.17) is 5.73 Å². The van der Waals surface area contributed by atoms with Gasteiger partial charge >= 0.3 is 0 Å². The highest BCUT2D eigenvalue weighted by Gasteiger charge is 2.51. The van der Waals surface area contributed by atoms with Crippen LogP contribution in [0.25, 0.3) is 0 Å². The summed E-state index contributed by atoms with van der Waals surface area (Å²) in [5, 5.41) is 0. The maximum atomic E-state index is 12.0. The van der Waals surface area contributed by atoms with Crippen molar-refractivity contribution >= 4 is 9.84 Å². The summed E-state index contributed by atoms with van der Waals surface area (Å²) in [6, 6.07) is 7.00. The monoisotopic (exact) mass is 225 g/mol. The van der Waals surface area contributed by atoms with E-state index in [0.29, 0.717) is 17.7 Å². The first kappa shape index (κ1) is 10.6. The van der Waals surface area contributed by atoms with Gasteiger partial charge in [-0.15, -0.1) is 0 Å². The van der Waals surface area contributed by atoms with Gasteiger partial charge in [0.15, 0.2) is 9.84 Å². The van der Waals surface area contributed by atoms with E-state index in [9.17, 15) is 8.42 Å². The van der Waals surface area contributed by atoms with E-state index < -0.39 is 14.7 Å². The predicted molar refractivity (Wildman–Crippen MR) is 59.2 cm³/mol. The van der Waals surface area contributed by atoms with E-state index in [2.05, 4.69) is 0 Å². The number of rotatable bonds is 3. The molecule has 3 nitrogen and oxygen atoms in total. The first-order chi connectivity index (χ1) is 6.99. The Morgan fingerprint density at radius 2 is 1.80 bits per heavy atom. The van der Waals surface area contributed by atoms with Crippen molar-refractivity contribution < 1.29 is 8.42 Å². The largest absolute Gasteiger partial charge is 0.312 e. The summed E-state index contributed by atoms with van der Waals surface area (Å²) in [4.78, 5) is -0.638. The quantitative estimate of drug-likeness (QED) is 0.847. The predicted octanol–water partition coefficient (Wildman–Crippen LogP) is 1.47. The number of benzene rings is 1. The molecule has 1 saturated carbocycles. The lowest BCUT2D eigenvalue weighted by molar-refractivity contribution is 0.579. The average Bonchev–Trinajstić information content (AvgIpc) is 2.98. The minimum atomic E-state index is -3.31. The Bertz CT molecular complexity index is 458. The average molecular weight is 225 g/mol. The molecule has 4 heteroatoms. The van der Waals surface area contributed by atoms with Gasteiger partial charge in [-0.1, -0.05) is 19.1 Å². The van der Waals surface area contributed by atoms with Crippen LogP contribution in [-0.4, -0.2) is 13.3 Å². The smallest absolute Gasteiger partial charge is 0.196 e. The van der Waals surface area contributed by atoms with Crippen LogP contribution in [-0.2, 0) is 16.3 Å². The molecule has 82 valence electrons. The molecule has 1 fully saturated rings. The van der Waals surface area contributed by atoms with Crippen LogP contribution in [0.1, 0.15) is 25.3 Å². The molecule has 0 amide bonds. The van der Waals surface area contributed by atoms with Gasteiger partial charge in [0.25, 0.3) is 0 Å². The lowest BCUT2D eigenvalue weighted by Gasteiger charge is -2.10. The lowest BCUT2D eigenvalue weighted by atomic mass is 10.2. The van der Waals surface area contributed by atoms with Gasteiger partial charge in [-0.3, -0.25) is 0 Å². The van der Waals surface area contributed by atoms with Crippen molar-refractivity contribution in [3.8, 4) is 0 Å². The Labute approximate surface area is 90.2 Å². The summed E-state index contributed by atoms with van der Waals surface area (Å²) in [6.07, 6.45) is 2.06. The second-order valence-corrected chi connectivity index (χ2v) is 6.36. The highest BCUT2D eigenvalue weighted by Crippen LogP contribution is 2.41. The number of nitrogens with two attached hydrogens (primary N) is 1. The third-order valence-electron chi connectivity index (χ3n) is 2.92. The van der Waals surface area contributed by atoms with E-state index in [-0.39, 0.29) is 0 Å². The van der Waals surface area contributed by atoms with Crippen LogP contribution in [0.4, 0.5) is 0 Å². The van der Waals surface area contributed by atoms with Crippen LogP contribution in [0.3, 0.4) is 0 Å². The van der Waals surface area contributed by atoms with Crippen LogP contribution < -0.4 is 5.73 Å². The molecule has 2 rings (SSSR count). The molecule has 15 heavy (non-hydrogen) atoms. The minimum Gasteiger partial charge on any atom is -0.312 e. The molecule has 0 spiro atoms. The van der Waals surface area contributed by atoms with Gasteiger partial charge in [0.1, 0.15) is 4.87 Å². The van der Waals surface area contributed by atoms with Crippen LogP contribution in [0.15, 0.2) is 29.2 Å². The van der Waals surface area contributed by atoms with E-state index in [1.807, 2.05) is 19.1 Å². The van der Waals surface area contributed by atoms with Crippen molar-refractivity contribution in [2.75, 3.05) is 0 Å². The molecule has 0 aromatic heterocycles. The normalized spacial score (nSPS) is 18.8. The molecule has 2 N–H and O–H groups in total. The standard InChI is InChI=1S/C11H15NO2S/c1-2-9-3-5-10(6-4-9)15(13,14)11(12)7-8-11/h3-6H,2,7-8,12H2,1H3. The third-order valence-corrected chi connectivity index (χ3v) is 5.29. The zero-order chi connectivity index (χ0) is 11.1. The summed E-state index contributed by atoms with van der Waals surface area (Å²) >= 11 is 0. The van der Waals surface area contributed by atoms with Gasteiger partial charge in [0.05, 0.1) is 4.90 Å². The molecule has 0 unspecified atom stereocenters. The van der Waals surface area contributed by atoms with E-state index in [1.165, 1.54) is 0 Å². The SMILES string of the molecule is CCc1ccc(S(=O)(=O)C2(N)CC2)cc1. The topological polar surface area (TPSA) is 60.2 Å². The highest BCUT2D eigenvalue weighted by molar-refractivity contribution is 7.93. The number of sulfone groups is 1. The van der Waals surface area contributed by atoms with Gasteiger partial charge in [0.2, 0.25) is 0 Å². The summed E-state index contributed by atoms with van der Waals surface area (Å²) in [7, 11) is -3.31. The molecule has 0 bridgehead atoms. The first-order valence-electron chi connectivity index (χ1n) is 5.12. The van der Waals surface area contributed by atoms with Crippen LogP contribution in [0.2, 0.25) is 0 Å². The zero-order valence-electron chi connectivity index (χ0n) is 8.73. The summed E-state index contributed by atoms with van der Waals surface area (Å²) in [5.74, 6) is 0. The van der Waals surface area contributed by atoms with E-state index >= 15 is 0 Å². The highest BCUT2D eigenvalue weighted by atomic mass is 32.2. The Morgan fingerprint density at radius 1 is 1.27 bits per heavy atom. The van der Waals surface area contributed by atoms with Crippen LogP contribution in [0.5, 0.6) is 0 Å². The Morgan fingerprint density at radius 3 is 2.20 bits per heavy atom. The van der Waals surface area contributed by atoms with Crippen LogP contribution >= 0.6 is 0 Å². The molecule has 1 aromatic carbocycles. The van der Waals surface area contributed by atoms with Crippen molar-refractivity contribution in [3.05, 3.63) is 29.8 Å². The van der Waals surface area contributed by atoms with Gasteiger partial charge in [0, 0.05) is 0 Å². The molecular weight excluding hydrogens is 210 g/mol. The van der Waals surface area contributed by atoms with E-state index in [1.54, 1.807) is 12.1 Å². The van der Waals surface area contributed by atoms with Gasteiger partial charge < -0.3 is 5.73 Å². The molecule has 1 aliphatic rings. The lowest BCUT2D eigenvalue weighted by Crippen LogP contribution is -2.32. The fourth-order valence-electron chi connectivity index (χ4n) is 1.53. The molecular formula is C11H15NO2S. The molecule has 1 aliphatic carbocycles. The number of hydrogen-bond acceptors (Lipinski definition) is 3. The van der Waals surface area contributed by atoms with Crippen molar-refractivity contribution in [3.63, 3.8) is 0 Å². The number of aryl methyl sites for hydroxylation is 1. The van der Waals surface area contributed by atoms with Crippen molar-refractivity contribution in [2.24, 2.45) is 5.73 Å². The Hall–Kier alpha value is -0.870. The second-order valence-electron chi connectivity index (χ2n) is 4.07. The summed E-state index contributed by atoms with van der Waals surface area (Å²) in [5.41, 5.74) is 6.87. The van der Waals surface area contributed by atoms with Crippen molar-refractivity contribution in [2.45, 2.75) is 36.0 Å². The maximum Gasteiger partial charge on any atom is 0.196 e. The van der Waals surface area contributed by atoms with Gasteiger partial charge in [-0.2, -0.15) is 0 Å². The Kier molecular flexibility index (Phi) is 2.35. The van der Waals surface area contributed by atoms with Gasteiger partial charge in [-0.25, -0.2) is 8.42 Å². The maximum absolute atomic E-state index is 12.0. The molecule has 0 saturated heterocycles. The molecule has 0 heterocycles. The Balaban J connectivity index is 2.38. The fraction of sp³-hybridized carbons (Fsp3) is 0.455. The second kappa shape index (κ2) is 3.32. The first-order valence-corrected chi connectivity index (χ1v) is 6.60. The van der Waals surface area contributed by atoms with E-state index in [0.717, 1.165) is 12.0 Å². The molecule has 0 aliphatic heterocycles. The fourth-order valence-corrected chi connectivity index (χ4v) is 3.13. The summed E-state index contributed by atoms with van der Waals surface area (Å²) in [6.45, 7) is 2.04. The van der Waals surface area contributed by atoms with Crippen molar-refractivity contribution in [1.82, 2.24) is 0 Å². The molecule has 1 aromatic rings. The number of hydrogen-bond donors (Lipinski definition) is 1.